The van der Waals surface area contributed by atoms with Gasteiger partial charge in [-0.2, -0.15) is 5.10 Å². The summed E-state index contributed by atoms with van der Waals surface area (Å²) in [5.41, 5.74) is 6.39. The molecule has 1 fully saturated rings. The number of benzene rings is 4. The van der Waals surface area contributed by atoms with Gasteiger partial charge in [0.05, 0.1) is 12.8 Å². The molecule has 0 unspecified atom stereocenters. The smallest absolute Gasteiger partial charge is 0.254 e. The van der Waals surface area contributed by atoms with Crippen LogP contribution >= 0.6 is 0 Å². The molecule has 0 atom stereocenters. The summed E-state index contributed by atoms with van der Waals surface area (Å²) in [6.07, 6.45) is 1.78. The largest absolute Gasteiger partial charge is 0.297 e. The van der Waals surface area contributed by atoms with Crippen LogP contribution in [0.5, 0.6) is 0 Å². The van der Waals surface area contributed by atoms with E-state index in [0.717, 1.165) is 59.8 Å². The summed E-state index contributed by atoms with van der Waals surface area (Å²) in [6.45, 7) is 7.14. The van der Waals surface area contributed by atoms with E-state index >= 15 is 0 Å². The quantitative estimate of drug-likeness (QED) is 0.266. The molecule has 1 amide bonds. The van der Waals surface area contributed by atoms with E-state index in [2.05, 4.69) is 81.8 Å². The van der Waals surface area contributed by atoms with Crippen molar-refractivity contribution in [2.75, 3.05) is 32.7 Å². The molecule has 0 radical (unpaired) electrons. The van der Waals surface area contributed by atoms with Crippen LogP contribution in [0.15, 0.2) is 84.0 Å². The van der Waals surface area contributed by atoms with Gasteiger partial charge < -0.3 is 0 Å². The molecule has 34 heavy (non-hydrogen) atoms. The summed E-state index contributed by atoms with van der Waals surface area (Å²) in [5, 5.41) is 8.91. The first-order valence-electron chi connectivity index (χ1n) is 11.9. The maximum atomic E-state index is 12.6. The van der Waals surface area contributed by atoms with Gasteiger partial charge in [-0.05, 0) is 40.1 Å². The van der Waals surface area contributed by atoms with Crippen molar-refractivity contribution in [3.05, 3.63) is 95.6 Å². The van der Waals surface area contributed by atoms with Crippen molar-refractivity contribution in [3.63, 3.8) is 0 Å². The van der Waals surface area contributed by atoms with Crippen LogP contribution < -0.4 is 5.43 Å². The molecule has 1 aliphatic heterocycles. The van der Waals surface area contributed by atoms with Gasteiger partial charge in [0.25, 0.3) is 5.91 Å². The number of rotatable bonds is 6. The summed E-state index contributed by atoms with van der Waals surface area (Å²) in [5.74, 6) is -0.0761. The molecule has 172 valence electrons. The monoisotopic (exact) mass is 450 g/mol. The van der Waals surface area contributed by atoms with Crippen molar-refractivity contribution in [2.45, 2.75) is 13.5 Å². The molecule has 0 bridgehead atoms. The first-order chi connectivity index (χ1) is 16.7. The average molecular weight is 451 g/mol. The third-order valence-electron chi connectivity index (χ3n) is 6.55. The fraction of sp³-hybridized carbons (Fsp3) is 0.241. The van der Waals surface area contributed by atoms with Crippen molar-refractivity contribution in [3.8, 4) is 0 Å². The lowest BCUT2D eigenvalue weighted by Crippen LogP contribution is -2.48. The normalized spacial score (nSPS) is 15.3. The Balaban J connectivity index is 1.17. The lowest BCUT2D eigenvalue weighted by atomic mass is 9.97. The van der Waals surface area contributed by atoms with Gasteiger partial charge in [-0.3, -0.25) is 14.6 Å². The van der Waals surface area contributed by atoms with Crippen LogP contribution in [-0.4, -0.2) is 54.6 Å². The number of hydrogen-bond donors (Lipinski definition) is 1. The van der Waals surface area contributed by atoms with Crippen LogP contribution in [0, 0.1) is 6.92 Å². The van der Waals surface area contributed by atoms with E-state index in [9.17, 15) is 4.79 Å². The minimum Gasteiger partial charge on any atom is -0.297 e. The van der Waals surface area contributed by atoms with E-state index in [1.165, 1.54) is 11.1 Å². The van der Waals surface area contributed by atoms with Crippen molar-refractivity contribution in [2.24, 2.45) is 5.10 Å². The Morgan fingerprint density at radius 3 is 2.09 bits per heavy atom. The number of amides is 1. The van der Waals surface area contributed by atoms with Crippen LogP contribution in [0.25, 0.3) is 21.5 Å². The molecule has 4 aromatic rings. The Bertz CT molecular complexity index is 1270. The summed E-state index contributed by atoms with van der Waals surface area (Å²) in [6, 6.07) is 27.5. The molecule has 4 aromatic carbocycles. The highest BCUT2D eigenvalue weighted by Crippen LogP contribution is 2.27. The average Bonchev–Trinajstić information content (AvgIpc) is 2.86. The number of nitrogens with one attached hydrogen (secondary N) is 1. The Morgan fingerprint density at radius 2 is 1.44 bits per heavy atom. The highest BCUT2D eigenvalue weighted by atomic mass is 16.2. The Hall–Kier alpha value is -3.54. The molecule has 0 aliphatic carbocycles. The lowest BCUT2D eigenvalue weighted by Gasteiger charge is -2.34. The van der Waals surface area contributed by atoms with Crippen LogP contribution in [-0.2, 0) is 11.3 Å². The molecule has 1 N–H and O–H groups in total. The third-order valence-corrected chi connectivity index (χ3v) is 6.55. The summed E-state index contributed by atoms with van der Waals surface area (Å²) in [4.78, 5) is 17.2. The Labute approximate surface area is 200 Å². The van der Waals surface area contributed by atoms with Gasteiger partial charge in [0.15, 0.2) is 0 Å². The van der Waals surface area contributed by atoms with E-state index in [1.807, 2.05) is 24.3 Å². The zero-order chi connectivity index (χ0) is 23.3. The minimum atomic E-state index is -0.0761. The van der Waals surface area contributed by atoms with Crippen LogP contribution in [0.1, 0.15) is 16.7 Å². The van der Waals surface area contributed by atoms with Gasteiger partial charge in [-0.15, -0.1) is 0 Å². The van der Waals surface area contributed by atoms with E-state index in [0.29, 0.717) is 6.54 Å². The highest BCUT2D eigenvalue weighted by molar-refractivity contribution is 6.13. The third kappa shape index (κ3) is 5.16. The molecule has 5 heteroatoms. The molecule has 1 heterocycles. The van der Waals surface area contributed by atoms with Gasteiger partial charge in [-0.25, -0.2) is 5.43 Å². The van der Waals surface area contributed by atoms with Crippen molar-refractivity contribution < 1.29 is 4.79 Å². The maximum absolute atomic E-state index is 12.6. The first kappa shape index (κ1) is 22.3. The SMILES string of the molecule is Cc1ccc(CN2CCN(CC(=O)NN=Cc3c4ccccc4cc4ccccc34)CC2)cc1. The predicted molar refractivity (Wildman–Crippen MR) is 140 cm³/mol. The zero-order valence-corrected chi connectivity index (χ0v) is 19.6. The van der Waals surface area contributed by atoms with Crippen LogP contribution in [0.4, 0.5) is 0 Å². The second-order valence-corrected chi connectivity index (χ2v) is 9.06. The molecule has 0 spiro atoms. The van der Waals surface area contributed by atoms with Crippen LogP contribution in [0.2, 0.25) is 0 Å². The van der Waals surface area contributed by atoms with Gasteiger partial charge in [0, 0.05) is 38.3 Å². The fourth-order valence-electron chi connectivity index (χ4n) is 4.65. The van der Waals surface area contributed by atoms with Crippen LogP contribution in [0.3, 0.4) is 0 Å². The molecule has 1 aliphatic rings. The number of aryl methyl sites for hydroxylation is 1. The second kappa shape index (κ2) is 10.2. The number of hydrogen-bond acceptors (Lipinski definition) is 4. The maximum Gasteiger partial charge on any atom is 0.254 e. The first-order valence-corrected chi connectivity index (χ1v) is 11.9. The molecular weight excluding hydrogens is 420 g/mol. The van der Waals surface area contributed by atoms with E-state index in [1.54, 1.807) is 6.21 Å². The molecule has 5 rings (SSSR count). The van der Waals surface area contributed by atoms with E-state index < -0.39 is 0 Å². The zero-order valence-electron chi connectivity index (χ0n) is 19.6. The number of piperazine rings is 1. The number of carbonyl (C=O) groups is 1. The number of carbonyl (C=O) groups excluding carboxylic acids is 1. The Kier molecular flexibility index (Phi) is 6.65. The lowest BCUT2D eigenvalue weighted by molar-refractivity contribution is -0.122. The van der Waals surface area contributed by atoms with Gasteiger partial charge in [0.2, 0.25) is 0 Å². The highest BCUT2D eigenvalue weighted by Gasteiger charge is 2.19. The standard InChI is InChI=1S/C29H30N4O/c1-22-10-12-23(13-11-22)20-32-14-16-33(17-15-32)21-29(34)31-30-19-28-26-8-4-2-6-24(26)18-25-7-3-5-9-27(25)28/h2-13,18-19H,14-17,20-21H2,1H3,(H,31,34). The van der Waals surface area contributed by atoms with Crippen molar-refractivity contribution in [1.82, 2.24) is 15.2 Å². The second-order valence-electron chi connectivity index (χ2n) is 9.06. The van der Waals surface area contributed by atoms with E-state index in [-0.39, 0.29) is 5.91 Å². The molecule has 0 saturated carbocycles. The summed E-state index contributed by atoms with van der Waals surface area (Å²) < 4.78 is 0. The molecule has 1 saturated heterocycles. The van der Waals surface area contributed by atoms with Crippen molar-refractivity contribution >= 4 is 33.7 Å². The van der Waals surface area contributed by atoms with Gasteiger partial charge in [0.1, 0.15) is 0 Å². The van der Waals surface area contributed by atoms with Gasteiger partial charge >= 0.3 is 0 Å². The molecular formula is C29H30N4O. The van der Waals surface area contributed by atoms with Gasteiger partial charge in [-0.1, -0.05) is 78.4 Å². The number of fused-ring (bicyclic) bond motifs is 2. The topological polar surface area (TPSA) is 47.9 Å². The summed E-state index contributed by atoms with van der Waals surface area (Å²) in [7, 11) is 0. The minimum absolute atomic E-state index is 0.0761. The van der Waals surface area contributed by atoms with E-state index in [4.69, 9.17) is 0 Å². The fourth-order valence-corrected chi connectivity index (χ4v) is 4.65. The summed E-state index contributed by atoms with van der Waals surface area (Å²) >= 11 is 0. The Morgan fingerprint density at radius 1 is 0.853 bits per heavy atom. The molecule has 0 aromatic heterocycles. The predicted octanol–water partition coefficient (Wildman–Crippen LogP) is 4.57. The van der Waals surface area contributed by atoms with Crippen molar-refractivity contribution in [1.29, 1.82) is 0 Å². The molecule has 5 nitrogen and oxygen atoms in total. The number of nitrogens with zero attached hydrogens (tertiary/aromatic N) is 3. The number of hydrazone groups is 1.